The summed E-state index contributed by atoms with van der Waals surface area (Å²) in [6.45, 7) is 1.98. The Morgan fingerprint density at radius 3 is 2.49 bits per heavy atom. The molecular formula is C27H23Cl3FN3O. The van der Waals surface area contributed by atoms with E-state index in [9.17, 15) is 9.18 Å². The van der Waals surface area contributed by atoms with Gasteiger partial charge in [-0.3, -0.25) is 14.6 Å². The fraction of sp³-hybridized carbons (Fsp3) is 0.259. The minimum atomic E-state index is -0.539. The van der Waals surface area contributed by atoms with Gasteiger partial charge >= 0.3 is 0 Å². The predicted octanol–water partition coefficient (Wildman–Crippen LogP) is 6.96. The molecule has 2 aliphatic rings. The Labute approximate surface area is 218 Å². The molecule has 2 aliphatic heterocycles. The number of piperidine rings is 1. The summed E-state index contributed by atoms with van der Waals surface area (Å²) in [5.41, 5.74) is 1.95. The summed E-state index contributed by atoms with van der Waals surface area (Å²) in [7, 11) is 0. The lowest BCUT2D eigenvalue weighted by Crippen LogP contribution is -2.50. The number of para-hydroxylation sites is 1. The van der Waals surface area contributed by atoms with E-state index in [0.717, 1.165) is 37.2 Å². The van der Waals surface area contributed by atoms with Crippen molar-refractivity contribution < 1.29 is 9.18 Å². The van der Waals surface area contributed by atoms with Crippen molar-refractivity contribution in [3.63, 3.8) is 0 Å². The first-order valence-corrected chi connectivity index (χ1v) is 12.6. The van der Waals surface area contributed by atoms with Gasteiger partial charge in [-0.15, -0.1) is 0 Å². The zero-order chi connectivity index (χ0) is 24.6. The molecule has 0 saturated carbocycles. The number of hydrogen-bond donors (Lipinski definition) is 0. The van der Waals surface area contributed by atoms with Gasteiger partial charge in [0.1, 0.15) is 16.5 Å². The molecule has 1 atom stereocenters. The van der Waals surface area contributed by atoms with Crippen LogP contribution in [0.3, 0.4) is 0 Å². The number of hydrogen-bond acceptors (Lipinski definition) is 3. The maximum atomic E-state index is 14.6. The van der Waals surface area contributed by atoms with Crippen LogP contribution in [0.4, 0.5) is 10.1 Å². The number of carbonyl (C=O) groups is 1. The highest BCUT2D eigenvalue weighted by Crippen LogP contribution is 2.53. The fourth-order valence-electron chi connectivity index (χ4n) is 5.07. The number of alkyl halides is 1. The van der Waals surface area contributed by atoms with Gasteiger partial charge in [0, 0.05) is 40.0 Å². The minimum absolute atomic E-state index is 0.200. The maximum Gasteiger partial charge on any atom is 0.259 e. The van der Waals surface area contributed by atoms with E-state index in [1.165, 1.54) is 6.20 Å². The Morgan fingerprint density at radius 2 is 1.77 bits per heavy atom. The van der Waals surface area contributed by atoms with Crippen LogP contribution in [0.25, 0.3) is 5.83 Å². The fourth-order valence-corrected chi connectivity index (χ4v) is 5.90. The van der Waals surface area contributed by atoms with Crippen LogP contribution in [0.15, 0.2) is 72.9 Å². The van der Waals surface area contributed by atoms with E-state index in [-0.39, 0.29) is 22.3 Å². The van der Waals surface area contributed by atoms with Gasteiger partial charge in [-0.05, 0) is 67.9 Å². The third-order valence-electron chi connectivity index (χ3n) is 6.97. The van der Waals surface area contributed by atoms with Crippen molar-refractivity contribution in [2.75, 3.05) is 24.5 Å². The highest BCUT2D eigenvalue weighted by molar-refractivity contribution is 6.31. The second-order valence-corrected chi connectivity index (χ2v) is 10.1. The monoisotopic (exact) mass is 529 g/mol. The molecular weight excluding hydrogens is 508 g/mol. The van der Waals surface area contributed by atoms with Gasteiger partial charge in [-0.1, -0.05) is 65.1 Å². The zero-order valence-corrected chi connectivity index (χ0v) is 21.1. The number of anilines is 1. The lowest BCUT2D eigenvalue weighted by Gasteiger charge is -2.42. The second-order valence-electron chi connectivity index (χ2n) is 8.91. The second kappa shape index (κ2) is 9.90. The van der Waals surface area contributed by atoms with Crippen LogP contribution in [0.2, 0.25) is 10.2 Å². The van der Waals surface area contributed by atoms with Crippen LogP contribution in [-0.2, 0) is 5.41 Å². The number of halogens is 4. The molecule has 3 heterocycles. The van der Waals surface area contributed by atoms with E-state index in [4.69, 9.17) is 34.8 Å². The number of benzene rings is 2. The number of fused-ring (bicyclic) bond motifs is 2. The topological polar surface area (TPSA) is 36.4 Å². The van der Waals surface area contributed by atoms with E-state index >= 15 is 0 Å². The van der Waals surface area contributed by atoms with Crippen LogP contribution < -0.4 is 4.90 Å². The van der Waals surface area contributed by atoms with Crippen molar-refractivity contribution in [3.05, 3.63) is 99.8 Å². The third kappa shape index (κ3) is 4.58. The highest BCUT2D eigenvalue weighted by Gasteiger charge is 2.53. The average molecular weight is 531 g/mol. The largest absolute Gasteiger partial charge is 0.299 e. The molecule has 0 radical (unpaired) electrons. The van der Waals surface area contributed by atoms with Crippen LogP contribution in [0.5, 0.6) is 0 Å². The Balaban J connectivity index is 1.34. The molecule has 180 valence electrons. The SMILES string of the molecule is O=C(c1ccnc(Cl)c1)N1c2ccccc2C2(CCN(CC=C(F)c3ccc(Cl)cc3)CC2)[C@@H]1Cl. The number of amides is 1. The first-order chi connectivity index (χ1) is 16.9. The van der Waals surface area contributed by atoms with Gasteiger partial charge in [0.25, 0.3) is 5.91 Å². The molecule has 0 aliphatic carbocycles. The summed E-state index contributed by atoms with van der Waals surface area (Å²) >= 11 is 19.0. The molecule has 0 N–H and O–H groups in total. The molecule has 4 nitrogen and oxygen atoms in total. The average Bonchev–Trinajstić information content (AvgIpc) is 3.11. The third-order valence-corrected chi connectivity index (χ3v) is 8.04. The van der Waals surface area contributed by atoms with Crippen molar-refractivity contribution in [2.45, 2.75) is 23.8 Å². The van der Waals surface area contributed by atoms with Gasteiger partial charge in [-0.2, -0.15) is 0 Å². The first kappa shape index (κ1) is 24.3. The number of rotatable bonds is 4. The molecule has 3 aromatic rings. The van der Waals surface area contributed by atoms with Crippen LogP contribution in [-0.4, -0.2) is 40.9 Å². The van der Waals surface area contributed by atoms with Gasteiger partial charge < -0.3 is 0 Å². The van der Waals surface area contributed by atoms with Gasteiger partial charge in [0.15, 0.2) is 0 Å². The van der Waals surface area contributed by atoms with E-state index < -0.39 is 5.50 Å². The van der Waals surface area contributed by atoms with Crippen LogP contribution >= 0.6 is 34.8 Å². The van der Waals surface area contributed by atoms with Crippen LogP contribution in [0, 0.1) is 0 Å². The Kier molecular flexibility index (Phi) is 6.86. The molecule has 2 aromatic carbocycles. The smallest absolute Gasteiger partial charge is 0.259 e. The minimum Gasteiger partial charge on any atom is -0.299 e. The van der Waals surface area contributed by atoms with Crippen LogP contribution in [0.1, 0.15) is 34.3 Å². The number of nitrogens with zero attached hydrogens (tertiary/aromatic N) is 3. The number of aromatic nitrogens is 1. The lowest BCUT2D eigenvalue weighted by atomic mass is 9.74. The van der Waals surface area contributed by atoms with Crippen molar-refractivity contribution in [1.29, 1.82) is 0 Å². The first-order valence-electron chi connectivity index (χ1n) is 11.4. The van der Waals surface area contributed by atoms with Gasteiger partial charge in [0.2, 0.25) is 0 Å². The van der Waals surface area contributed by atoms with E-state index in [1.54, 1.807) is 47.4 Å². The van der Waals surface area contributed by atoms with E-state index in [1.807, 2.05) is 18.2 Å². The summed E-state index contributed by atoms with van der Waals surface area (Å²) in [6.07, 6.45) is 4.64. The van der Waals surface area contributed by atoms with Gasteiger partial charge in [0.05, 0.1) is 0 Å². The highest BCUT2D eigenvalue weighted by atomic mass is 35.5. The molecule has 1 aromatic heterocycles. The van der Waals surface area contributed by atoms with Crippen molar-refractivity contribution >= 4 is 52.2 Å². The number of carbonyl (C=O) groups excluding carboxylic acids is 1. The molecule has 35 heavy (non-hydrogen) atoms. The molecule has 1 amide bonds. The standard InChI is InChI=1S/C27H23Cl3FN3O/c28-20-7-5-18(6-8-20)22(31)10-14-33-15-11-27(12-16-33)21-3-1-2-4-23(21)34(26(27)30)25(35)19-9-13-32-24(29)17-19/h1-10,13,17,26H,11-12,14-16H2/t26-/m1/s1. The van der Waals surface area contributed by atoms with Crippen molar-refractivity contribution in [2.24, 2.45) is 0 Å². The molecule has 1 spiro atoms. The molecule has 1 saturated heterocycles. The van der Waals surface area contributed by atoms with Gasteiger partial charge in [-0.25, -0.2) is 9.37 Å². The summed E-state index contributed by atoms with van der Waals surface area (Å²) in [5, 5.41) is 0.839. The predicted molar refractivity (Wildman–Crippen MR) is 140 cm³/mol. The summed E-state index contributed by atoms with van der Waals surface area (Å²) in [5.74, 6) is -0.467. The van der Waals surface area contributed by atoms with E-state index in [0.29, 0.717) is 22.7 Å². The molecule has 5 rings (SSSR count). The molecule has 8 heteroatoms. The summed E-state index contributed by atoms with van der Waals surface area (Å²) in [6, 6.07) is 17.8. The molecule has 1 fully saturated rings. The zero-order valence-electron chi connectivity index (χ0n) is 18.8. The quantitative estimate of drug-likeness (QED) is 0.208. The Morgan fingerprint density at radius 1 is 1.06 bits per heavy atom. The van der Waals surface area contributed by atoms with E-state index in [2.05, 4.69) is 16.0 Å². The number of likely N-dealkylation sites (tertiary alicyclic amines) is 1. The summed E-state index contributed by atoms with van der Waals surface area (Å²) in [4.78, 5) is 21.3. The molecule has 0 bridgehead atoms. The lowest BCUT2D eigenvalue weighted by molar-refractivity contribution is 0.0970. The normalized spacial score (nSPS) is 19.7. The summed E-state index contributed by atoms with van der Waals surface area (Å²) < 4.78 is 14.6. The van der Waals surface area contributed by atoms with Crippen molar-refractivity contribution in [1.82, 2.24) is 9.88 Å². The molecule has 0 unspecified atom stereocenters. The Bertz CT molecular complexity index is 1270. The Hall–Kier alpha value is -2.44. The van der Waals surface area contributed by atoms with Crippen molar-refractivity contribution in [3.8, 4) is 0 Å². The number of pyridine rings is 1. The maximum absolute atomic E-state index is 14.6.